The summed E-state index contributed by atoms with van der Waals surface area (Å²) in [6.07, 6.45) is -4.54. The molecule has 0 aliphatic carbocycles. The van der Waals surface area contributed by atoms with Gasteiger partial charge in [-0.2, -0.15) is 13.2 Å². The van der Waals surface area contributed by atoms with Gasteiger partial charge in [0.15, 0.2) is 0 Å². The molecule has 1 aromatic carbocycles. The van der Waals surface area contributed by atoms with Crippen molar-refractivity contribution < 1.29 is 23.1 Å². The van der Waals surface area contributed by atoms with E-state index < -0.39 is 18.6 Å². The number of alkyl halides is 3. The Morgan fingerprint density at radius 3 is 2.25 bits per heavy atom. The van der Waals surface area contributed by atoms with E-state index in [0.29, 0.717) is 13.0 Å². The zero-order valence-electron chi connectivity index (χ0n) is 11.1. The van der Waals surface area contributed by atoms with Crippen LogP contribution in [0.2, 0.25) is 0 Å². The van der Waals surface area contributed by atoms with Gasteiger partial charge in [0.05, 0.1) is 0 Å². The molecule has 0 spiro atoms. The lowest BCUT2D eigenvalue weighted by Crippen LogP contribution is -2.27. The molecule has 6 heteroatoms. The third-order valence-electron chi connectivity index (χ3n) is 2.83. The van der Waals surface area contributed by atoms with Gasteiger partial charge in [-0.1, -0.05) is 18.2 Å². The Balaban J connectivity index is 2.53. The number of carboxylic acids is 1. The fourth-order valence-corrected chi connectivity index (χ4v) is 1.90. The largest absolute Gasteiger partial charge is 0.481 e. The average molecular weight is 289 g/mol. The average Bonchev–Trinajstić information content (AvgIpc) is 2.36. The lowest BCUT2D eigenvalue weighted by atomic mass is 10.2. The van der Waals surface area contributed by atoms with Crippen LogP contribution in [0.5, 0.6) is 0 Å². The SMILES string of the molecule is O=C(O)CCCN(CCCC(F)(F)F)c1ccccc1. The van der Waals surface area contributed by atoms with E-state index in [-0.39, 0.29) is 19.4 Å². The van der Waals surface area contributed by atoms with Crippen LogP contribution in [-0.2, 0) is 4.79 Å². The molecule has 0 aliphatic heterocycles. The number of rotatable bonds is 8. The van der Waals surface area contributed by atoms with Crippen LogP contribution in [0.4, 0.5) is 18.9 Å². The van der Waals surface area contributed by atoms with Crippen LogP contribution in [0.3, 0.4) is 0 Å². The third-order valence-corrected chi connectivity index (χ3v) is 2.83. The van der Waals surface area contributed by atoms with Gasteiger partial charge < -0.3 is 10.0 Å². The van der Waals surface area contributed by atoms with Gasteiger partial charge in [0, 0.05) is 31.6 Å². The Kier molecular flexibility index (Phi) is 6.35. The highest BCUT2D eigenvalue weighted by Gasteiger charge is 2.26. The van der Waals surface area contributed by atoms with E-state index >= 15 is 0 Å². The quantitative estimate of drug-likeness (QED) is 0.793. The molecule has 0 saturated carbocycles. The first-order valence-electron chi connectivity index (χ1n) is 6.47. The van der Waals surface area contributed by atoms with Gasteiger partial charge in [-0.15, -0.1) is 0 Å². The second kappa shape index (κ2) is 7.77. The molecular weight excluding hydrogens is 271 g/mol. The normalized spacial score (nSPS) is 11.3. The van der Waals surface area contributed by atoms with Crippen molar-refractivity contribution >= 4 is 11.7 Å². The predicted octanol–water partition coefficient (Wildman–Crippen LogP) is 3.70. The molecule has 0 heterocycles. The number of para-hydroxylation sites is 1. The van der Waals surface area contributed by atoms with Crippen LogP contribution in [0, 0.1) is 0 Å². The first-order chi connectivity index (χ1) is 9.38. The summed E-state index contributed by atoms with van der Waals surface area (Å²) in [5.41, 5.74) is 0.820. The zero-order chi connectivity index (χ0) is 15.0. The summed E-state index contributed by atoms with van der Waals surface area (Å²) in [6.45, 7) is 0.706. The van der Waals surface area contributed by atoms with Crippen molar-refractivity contribution in [3.05, 3.63) is 30.3 Å². The first-order valence-corrected chi connectivity index (χ1v) is 6.47. The molecular formula is C14H18F3NO2. The lowest BCUT2D eigenvalue weighted by molar-refractivity contribution is -0.137. The Morgan fingerprint density at radius 2 is 1.70 bits per heavy atom. The minimum absolute atomic E-state index is 0.00542. The number of hydrogen-bond acceptors (Lipinski definition) is 2. The van der Waals surface area contributed by atoms with Gasteiger partial charge in [-0.25, -0.2) is 0 Å². The number of nitrogens with zero attached hydrogens (tertiary/aromatic N) is 1. The minimum Gasteiger partial charge on any atom is -0.481 e. The Bertz CT molecular complexity index is 407. The van der Waals surface area contributed by atoms with Gasteiger partial charge in [-0.05, 0) is 25.0 Å². The molecule has 0 saturated heterocycles. The van der Waals surface area contributed by atoms with Gasteiger partial charge in [0.25, 0.3) is 0 Å². The zero-order valence-corrected chi connectivity index (χ0v) is 11.1. The summed E-state index contributed by atoms with van der Waals surface area (Å²) >= 11 is 0. The molecule has 0 bridgehead atoms. The highest BCUT2D eigenvalue weighted by Crippen LogP contribution is 2.23. The summed E-state index contributed by atoms with van der Waals surface area (Å²) < 4.78 is 36.5. The molecule has 0 radical (unpaired) electrons. The van der Waals surface area contributed by atoms with E-state index in [0.717, 1.165) is 5.69 Å². The highest BCUT2D eigenvalue weighted by atomic mass is 19.4. The molecule has 0 aliphatic rings. The standard InChI is InChI=1S/C14H18F3NO2/c15-14(16,17)9-5-11-18(10-4-8-13(19)20)12-6-2-1-3-7-12/h1-3,6-7H,4-5,8-11H2,(H,19,20). The number of carbonyl (C=O) groups is 1. The van der Waals surface area contributed by atoms with Crippen molar-refractivity contribution in [3.63, 3.8) is 0 Å². The van der Waals surface area contributed by atoms with Crippen LogP contribution < -0.4 is 4.90 Å². The van der Waals surface area contributed by atoms with Crippen molar-refractivity contribution in [2.45, 2.75) is 31.9 Å². The maximum absolute atomic E-state index is 12.2. The molecule has 0 fully saturated rings. The molecule has 3 nitrogen and oxygen atoms in total. The van der Waals surface area contributed by atoms with Crippen molar-refractivity contribution in [2.75, 3.05) is 18.0 Å². The molecule has 112 valence electrons. The van der Waals surface area contributed by atoms with E-state index in [1.54, 1.807) is 4.90 Å². The van der Waals surface area contributed by atoms with Crippen LogP contribution >= 0.6 is 0 Å². The molecule has 1 N–H and O–H groups in total. The van der Waals surface area contributed by atoms with E-state index in [4.69, 9.17) is 5.11 Å². The van der Waals surface area contributed by atoms with Gasteiger partial charge in [0.1, 0.15) is 0 Å². The molecule has 1 rings (SSSR count). The van der Waals surface area contributed by atoms with Gasteiger partial charge in [0.2, 0.25) is 0 Å². The third kappa shape index (κ3) is 7.01. The first kappa shape index (κ1) is 16.3. The Hall–Kier alpha value is -1.72. The van der Waals surface area contributed by atoms with E-state index in [9.17, 15) is 18.0 Å². The number of anilines is 1. The second-order valence-corrected chi connectivity index (χ2v) is 4.54. The number of halogens is 3. The summed E-state index contributed by atoms with van der Waals surface area (Å²) in [4.78, 5) is 12.3. The highest BCUT2D eigenvalue weighted by molar-refractivity contribution is 5.66. The number of benzene rings is 1. The number of aliphatic carboxylic acids is 1. The second-order valence-electron chi connectivity index (χ2n) is 4.54. The maximum Gasteiger partial charge on any atom is 0.389 e. The van der Waals surface area contributed by atoms with Gasteiger partial charge in [-0.3, -0.25) is 4.79 Å². The smallest absolute Gasteiger partial charge is 0.389 e. The minimum atomic E-state index is -4.15. The predicted molar refractivity (Wildman–Crippen MR) is 70.8 cm³/mol. The van der Waals surface area contributed by atoms with E-state index in [2.05, 4.69) is 0 Å². The summed E-state index contributed by atoms with van der Waals surface area (Å²) in [5.74, 6) is -0.895. The number of carboxylic acid groups (broad SMARTS) is 1. The van der Waals surface area contributed by atoms with Gasteiger partial charge >= 0.3 is 12.1 Å². The number of hydrogen-bond donors (Lipinski definition) is 1. The van der Waals surface area contributed by atoms with Crippen molar-refractivity contribution in [1.29, 1.82) is 0 Å². The van der Waals surface area contributed by atoms with Crippen molar-refractivity contribution in [3.8, 4) is 0 Å². The van der Waals surface area contributed by atoms with Crippen LogP contribution in [0.1, 0.15) is 25.7 Å². The summed E-state index contributed by atoms with van der Waals surface area (Å²) in [7, 11) is 0. The van der Waals surface area contributed by atoms with Crippen LogP contribution in [-0.4, -0.2) is 30.3 Å². The van der Waals surface area contributed by atoms with Crippen LogP contribution in [0.25, 0.3) is 0 Å². The molecule has 1 aromatic rings. The molecule has 0 unspecified atom stereocenters. The van der Waals surface area contributed by atoms with Crippen molar-refractivity contribution in [1.82, 2.24) is 0 Å². The molecule has 0 amide bonds. The summed E-state index contributed by atoms with van der Waals surface area (Å²) in [5, 5.41) is 8.61. The maximum atomic E-state index is 12.2. The molecule has 0 atom stereocenters. The lowest BCUT2D eigenvalue weighted by Gasteiger charge is -2.25. The molecule has 0 aromatic heterocycles. The summed E-state index contributed by atoms with van der Waals surface area (Å²) in [6, 6.07) is 9.07. The van der Waals surface area contributed by atoms with Crippen LogP contribution in [0.15, 0.2) is 30.3 Å². The fraction of sp³-hybridized carbons (Fsp3) is 0.500. The Labute approximate surface area is 116 Å². The Morgan fingerprint density at radius 1 is 1.10 bits per heavy atom. The monoisotopic (exact) mass is 289 g/mol. The topological polar surface area (TPSA) is 40.5 Å². The van der Waals surface area contributed by atoms with Crippen molar-refractivity contribution in [2.24, 2.45) is 0 Å². The molecule has 20 heavy (non-hydrogen) atoms. The van der Waals surface area contributed by atoms with E-state index in [1.165, 1.54) is 0 Å². The fourth-order valence-electron chi connectivity index (χ4n) is 1.90. The van der Waals surface area contributed by atoms with E-state index in [1.807, 2.05) is 30.3 Å².